The van der Waals surface area contributed by atoms with Crippen molar-refractivity contribution >= 4 is 5.91 Å². The van der Waals surface area contributed by atoms with Crippen molar-refractivity contribution in [2.75, 3.05) is 13.1 Å². The fourth-order valence-corrected chi connectivity index (χ4v) is 3.41. The van der Waals surface area contributed by atoms with Crippen molar-refractivity contribution in [2.24, 2.45) is 0 Å². The molecule has 2 aliphatic rings. The molecule has 2 heterocycles. The van der Waals surface area contributed by atoms with Crippen LogP contribution >= 0.6 is 0 Å². The molecule has 2 unspecified atom stereocenters. The van der Waals surface area contributed by atoms with Crippen LogP contribution in [0.1, 0.15) is 37.7 Å². The van der Waals surface area contributed by atoms with Gasteiger partial charge in [-0.05, 0) is 50.4 Å². The molecule has 2 aliphatic heterocycles. The van der Waals surface area contributed by atoms with Crippen molar-refractivity contribution in [3.63, 3.8) is 0 Å². The van der Waals surface area contributed by atoms with Crippen LogP contribution in [0.15, 0.2) is 24.3 Å². The number of benzene rings is 1. The molecule has 2 fully saturated rings. The van der Waals surface area contributed by atoms with Crippen LogP contribution in [-0.2, 0) is 4.79 Å². The predicted octanol–water partition coefficient (Wildman–Crippen LogP) is 2.28. The van der Waals surface area contributed by atoms with Crippen LogP contribution in [0.2, 0.25) is 0 Å². The van der Waals surface area contributed by atoms with E-state index in [1.54, 1.807) is 0 Å². The molecule has 0 radical (unpaired) electrons. The Labute approximate surface area is 119 Å². The number of nitrogens with one attached hydrogen (secondary N) is 1. The molecule has 1 aromatic carbocycles. The van der Waals surface area contributed by atoms with E-state index in [0.29, 0.717) is 5.92 Å². The Balaban J connectivity index is 1.69. The molecule has 3 rings (SSSR count). The van der Waals surface area contributed by atoms with Gasteiger partial charge in [0.1, 0.15) is 5.82 Å². The summed E-state index contributed by atoms with van der Waals surface area (Å²) in [6.45, 7) is 3.81. The summed E-state index contributed by atoms with van der Waals surface area (Å²) in [5.41, 5.74) is 1.13. The third-order valence-corrected chi connectivity index (χ3v) is 4.56. The Hall–Kier alpha value is -1.42. The predicted molar refractivity (Wildman–Crippen MR) is 76.0 cm³/mol. The Kier molecular flexibility index (Phi) is 3.74. The summed E-state index contributed by atoms with van der Waals surface area (Å²) < 4.78 is 13.0. The summed E-state index contributed by atoms with van der Waals surface area (Å²) in [5, 5.41) is 3.28. The third kappa shape index (κ3) is 2.57. The summed E-state index contributed by atoms with van der Waals surface area (Å²) in [6, 6.07) is 6.96. The second-order valence-corrected chi connectivity index (χ2v) is 5.97. The maximum Gasteiger partial charge on any atom is 0.239 e. The molecular formula is C16H21FN2O. The van der Waals surface area contributed by atoms with Crippen LogP contribution in [-0.4, -0.2) is 36.0 Å². The van der Waals surface area contributed by atoms with E-state index in [1.807, 2.05) is 17.0 Å². The number of hydrogen-bond acceptors (Lipinski definition) is 2. The maximum atomic E-state index is 13.0. The van der Waals surface area contributed by atoms with Gasteiger partial charge in [-0.2, -0.15) is 0 Å². The van der Waals surface area contributed by atoms with Crippen molar-refractivity contribution in [3.05, 3.63) is 35.6 Å². The van der Waals surface area contributed by atoms with Gasteiger partial charge in [-0.1, -0.05) is 12.1 Å². The number of carbonyl (C=O) groups excluding carboxylic acids is 1. The number of hydrogen-bond donors (Lipinski definition) is 1. The molecule has 1 N–H and O–H groups in total. The molecule has 3 nitrogen and oxygen atoms in total. The van der Waals surface area contributed by atoms with Gasteiger partial charge in [0.05, 0.1) is 6.04 Å². The minimum absolute atomic E-state index is 0.00409. The number of halogens is 1. The Morgan fingerprint density at radius 2 is 2.10 bits per heavy atom. The molecule has 0 spiro atoms. The molecule has 0 aromatic heterocycles. The van der Waals surface area contributed by atoms with Crippen molar-refractivity contribution in [3.8, 4) is 0 Å². The van der Waals surface area contributed by atoms with E-state index in [0.717, 1.165) is 37.9 Å². The standard InChI is InChI=1S/C16H21FN2O/c1-11-9-13(12-4-6-14(17)7-5-12)10-19(11)16(20)15-3-2-8-18-15/h4-7,11,13,15,18H,2-3,8-10H2,1H3/t11?,13?,15-/m0/s1. The Morgan fingerprint density at radius 3 is 2.75 bits per heavy atom. The number of nitrogens with zero attached hydrogens (tertiary/aromatic N) is 1. The van der Waals surface area contributed by atoms with Gasteiger partial charge in [-0.3, -0.25) is 4.79 Å². The highest BCUT2D eigenvalue weighted by Crippen LogP contribution is 2.32. The average Bonchev–Trinajstić information content (AvgIpc) is 3.08. The lowest BCUT2D eigenvalue weighted by molar-refractivity contribution is -0.133. The van der Waals surface area contributed by atoms with Gasteiger partial charge >= 0.3 is 0 Å². The molecule has 0 saturated carbocycles. The first kappa shape index (κ1) is 13.6. The van der Waals surface area contributed by atoms with Gasteiger partial charge in [0.15, 0.2) is 0 Å². The van der Waals surface area contributed by atoms with E-state index in [1.165, 1.54) is 12.1 Å². The summed E-state index contributed by atoms with van der Waals surface area (Å²) >= 11 is 0. The van der Waals surface area contributed by atoms with Crippen molar-refractivity contribution in [1.29, 1.82) is 0 Å². The van der Waals surface area contributed by atoms with E-state index in [4.69, 9.17) is 0 Å². The zero-order valence-corrected chi connectivity index (χ0v) is 11.8. The quantitative estimate of drug-likeness (QED) is 0.899. The lowest BCUT2D eigenvalue weighted by Crippen LogP contribution is -2.45. The first-order chi connectivity index (χ1) is 9.65. The van der Waals surface area contributed by atoms with Crippen LogP contribution in [0.4, 0.5) is 4.39 Å². The largest absolute Gasteiger partial charge is 0.338 e. The summed E-state index contributed by atoms with van der Waals surface area (Å²) in [4.78, 5) is 14.5. The van der Waals surface area contributed by atoms with Crippen LogP contribution in [0.5, 0.6) is 0 Å². The average molecular weight is 276 g/mol. The van der Waals surface area contributed by atoms with E-state index >= 15 is 0 Å². The highest BCUT2D eigenvalue weighted by atomic mass is 19.1. The number of amides is 1. The molecule has 108 valence electrons. The minimum Gasteiger partial charge on any atom is -0.338 e. The Morgan fingerprint density at radius 1 is 1.35 bits per heavy atom. The van der Waals surface area contributed by atoms with Crippen LogP contribution in [0.3, 0.4) is 0 Å². The second kappa shape index (κ2) is 5.52. The fourth-order valence-electron chi connectivity index (χ4n) is 3.41. The maximum absolute atomic E-state index is 13.0. The van der Waals surface area contributed by atoms with E-state index < -0.39 is 0 Å². The smallest absolute Gasteiger partial charge is 0.239 e. The number of likely N-dealkylation sites (tertiary alicyclic amines) is 1. The highest BCUT2D eigenvalue weighted by molar-refractivity contribution is 5.82. The lowest BCUT2D eigenvalue weighted by atomic mass is 9.97. The van der Waals surface area contributed by atoms with Gasteiger partial charge in [0.25, 0.3) is 0 Å². The first-order valence-electron chi connectivity index (χ1n) is 7.44. The molecule has 0 bridgehead atoms. The molecule has 1 aromatic rings. The molecular weight excluding hydrogens is 255 g/mol. The third-order valence-electron chi connectivity index (χ3n) is 4.56. The van der Waals surface area contributed by atoms with Crippen molar-refractivity contribution in [1.82, 2.24) is 10.2 Å². The molecule has 2 saturated heterocycles. The summed E-state index contributed by atoms with van der Waals surface area (Å²) in [7, 11) is 0. The highest BCUT2D eigenvalue weighted by Gasteiger charge is 2.36. The fraction of sp³-hybridized carbons (Fsp3) is 0.562. The van der Waals surface area contributed by atoms with E-state index in [9.17, 15) is 9.18 Å². The van der Waals surface area contributed by atoms with Gasteiger partial charge < -0.3 is 10.2 Å². The number of rotatable bonds is 2. The SMILES string of the molecule is CC1CC(c2ccc(F)cc2)CN1C(=O)[C@@H]1CCCN1. The van der Waals surface area contributed by atoms with Gasteiger partial charge in [-0.15, -0.1) is 0 Å². The Bertz CT molecular complexity index is 482. The van der Waals surface area contributed by atoms with Crippen molar-refractivity contribution < 1.29 is 9.18 Å². The van der Waals surface area contributed by atoms with Gasteiger partial charge in [-0.25, -0.2) is 4.39 Å². The summed E-state index contributed by atoms with van der Waals surface area (Å²) in [6.07, 6.45) is 2.99. The first-order valence-corrected chi connectivity index (χ1v) is 7.44. The van der Waals surface area contributed by atoms with Crippen molar-refractivity contribution in [2.45, 2.75) is 44.2 Å². The van der Waals surface area contributed by atoms with E-state index in [-0.39, 0.29) is 23.8 Å². The van der Waals surface area contributed by atoms with Crippen LogP contribution < -0.4 is 5.32 Å². The monoisotopic (exact) mass is 276 g/mol. The van der Waals surface area contributed by atoms with Crippen LogP contribution in [0, 0.1) is 5.82 Å². The molecule has 20 heavy (non-hydrogen) atoms. The van der Waals surface area contributed by atoms with Crippen LogP contribution in [0.25, 0.3) is 0 Å². The topological polar surface area (TPSA) is 32.3 Å². The minimum atomic E-state index is -0.206. The van der Waals surface area contributed by atoms with E-state index in [2.05, 4.69) is 12.2 Å². The molecule has 3 atom stereocenters. The second-order valence-electron chi connectivity index (χ2n) is 5.97. The molecule has 0 aliphatic carbocycles. The van der Waals surface area contributed by atoms with Gasteiger partial charge in [0, 0.05) is 18.5 Å². The zero-order chi connectivity index (χ0) is 14.1. The summed E-state index contributed by atoms with van der Waals surface area (Å²) in [5.74, 6) is 0.360. The number of carbonyl (C=O) groups is 1. The zero-order valence-electron chi connectivity index (χ0n) is 11.8. The normalized spacial score (nSPS) is 29.9. The van der Waals surface area contributed by atoms with Gasteiger partial charge in [0.2, 0.25) is 5.91 Å². The lowest BCUT2D eigenvalue weighted by Gasteiger charge is -2.25. The molecule has 1 amide bonds. The molecule has 4 heteroatoms.